The van der Waals surface area contributed by atoms with Crippen LogP contribution in [0.3, 0.4) is 0 Å². The van der Waals surface area contributed by atoms with Crippen LogP contribution in [0.1, 0.15) is 20.3 Å². The van der Waals surface area contributed by atoms with Gasteiger partial charge in [-0.3, -0.25) is 0 Å². The van der Waals surface area contributed by atoms with Crippen molar-refractivity contribution in [3.05, 3.63) is 17.7 Å². The Bertz CT molecular complexity index is 465. The first-order chi connectivity index (χ1) is 8.93. The van der Waals surface area contributed by atoms with Crippen molar-refractivity contribution >= 4 is 23.4 Å². The number of anilines is 2. The van der Waals surface area contributed by atoms with Gasteiger partial charge in [0.25, 0.3) is 0 Å². The van der Waals surface area contributed by atoms with Gasteiger partial charge in [0.1, 0.15) is 0 Å². The van der Waals surface area contributed by atoms with Crippen molar-refractivity contribution in [3.8, 4) is 0 Å². The number of nitrogens with zero attached hydrogens (tertiary/aromatic N) is 2. The van der Waals surface area contributed by atoms with Crippen LogP contribution in [0.25, 0.3) is 0 Å². The summed E-state index contributed by atoms with van der Waals surface area (Å²) < 4.78 is 27.5. The molecule has 0 aromatic carbocycles. The highest BCUT2D eigenvalue weighted by atomic mass is 32.2. The first-order valence-electron chi connectivity index (χ1n) is 6.35. The molecule has 1 fully saturated rings. The van der Waals surface area contributed by atoms with Crippen molar-refractivity contribution in [2.45, 2.75) is 25.0 Å². The Hall–Kier alpha value is -1.04. The molecule has 3 nitrogen and oxygen atoms in total. The molecule has 19 heavy (non-hydrogen) atoms. The largest absolute Gasteiger partial charge is 0.371 e. The monoisotopic (exact) mass is 287 g/mol. The first-order valence-corrected chi connectivity index (χ1v) is 7.34. The fraction of sp³-hybridized carbons (Fsp3) is 0.615. The maximum atomic E-state index is 13.9. The predicted octanol–water partition coefficient (Wildman–Crippen LogP) is 3.12. The van der Waals surface area contributed by atoms with Gasteiger partial charge in [0, 0.05) is 36.7 Å². The molecule has 1 aliphatic rings. The fourth-order valence-electron chi connectivity index (χ4n) is 2.09. The van der Waals surface area contributed by atoms with Crippen LogP contribution in [0.4, 0.5) is 20.4 Å². The normalized spacial score (nSPS) is 19.1. The molecule has 2 rings (SSSR count). The lowest BCUT2D eigenvalue weighted by molar-refractivity contribution is 0.565. The molecule has 0 saturated carbocycles. The third kappa shape index (κ3) is 3.29. The molecule has 0 bridgehead atoms. The Morgan fingerprint density at radius 2 is 2.05 bits per heavy atom. The molecule has 6 heteroatoms. The molecule has 0 amide bonds. The van der Waals surface area contributed by atoms with E-state index in [1.807, 2.05) is 16.7 Å². The smallest absolute Gasteiger partial charge is 0.168 e. The zero-order valence-electron chi connectivity index (χ0n) is 11.5. The van der Waals surface area contributed by atoms with Crippen molar-refractivity contribution in [2.75, 3.05) is 36.1 Å². The van der Waals surface area contributed by atoms with Gasteiger partial charge in [0.05, 0.1) is 0 Å². The lowest BCUT2D eigenvalue weighted by Gasteiger charge is -2.24. The van der Waals surface area contributed by atoms with E-state index < -0.39 is 11.6 Å². The van der Waals surface area contributed by atoms with Gasteiger partial charge in [0.2, 0.25) is 0 Å². The number of pyridine rings is 1. The van der Waals surface area contributed by atoms with E-state index in [1.165, 1.54) is 0 Å². The van der Waals surface area contributed by atoms with Crippen molar-refractivity contribution in [3.63, 3.8) is 0 Å². The van der Waals surface area contributed by atoms with Gasteiger partial charge in [-0.1, -0.05) is 13.8 Å². The lowest BCUT2D eigenvalue weighted by Crippen LogP contribution is -2.29. The van der Waals surface area contributed by atoms with Crippen molar-refractivity contribution in [1.82, 2.24) is 4.98 Å². The van der Waals surface area contributed by atoms with Gasteiger partial charge < -0.3 is 10.2 Å². The van der Waals surface area contributed by atoms with Crippen molar-refractivity contribution in [2.24, 2.45) is 0 Å². The molecular weight excluding hydrogens is 268 g/mol. The molecule has 0 unspecified atom stereocenters. The minimum Gasteiger partial charge on any atom is -0.371 e. The second kappa shape index (κ2) is 5.53. The highest BCUT2D eigenvalue weighted by Gasteiger charge is 2.26. The number of rotatable bonds is 2. The van der Waals surface area contributed by atoms with Crippen LogP contribution in [0.15, 0.2) is 6.07 Å². The lowest BCUT2D eigenvalue weighted by atomic mass is 10.1. The average molecular weight is 287 g/mol. The zero-order chi connectivity index (χ0) is 14.0. The third-order valence-corrected chi connectivity index (χ3v) is 4.66. The van der Waals surface area contributed by atoms with Crippen LogP contribution in [-0.4, -0.2) is 35.6 Å². The summed E-state index contributed by atoms with van der Waals surface area (Å²) in [7, 11) is 1.58. The van der Waals surface area contributed by atoms with E-state index in [0.29, 0.717) is 0 Å². The molecule has 1 aromatic heterocycles. The molecule has 0 spiro atoms. The Balaban J connectivity index is 2.26. The zero-order valence-corrected chi connectivity index (χ0v) is 12.3. The summed E-state index contributed by atoms with van der Waals surface area (Å²) in [5, 5.41) is 2.65. The second-order valence-electron chi connectivity index (χ2n) is 5.22. The van der Waals surface area contributed by atoms with E-state index in [0.717, 1.165) is 31.3 Å². The Morgan fingerprint density at radius 3 is 2.74 bits per heavy atom. The minimum atomic E-state index is -0.659. The number of hydrogen-bond acceptors (Lipinski definition) is 4. The van der Waals surface area contributed by atoms with Crippen LogP contribution in [0, 0.1) is 11.6 Å². The van der Waals surface area contributed by atoms with Gasteiger partial charge in [-0.2, -0.15) is 11.8 Å². The number of nitrogens with one attached hydrogen (secondary N) is 1. The van der Waals surface area contributed by atoms with Gasteiger partial charge in [-0.25, -0.2) is 13.8 Å². The quantitative estimate of drug-likeness (QED) is 0.904. The molecule has 1 aromatic rings. The number of hydrogen-bond donors (Lipinski definition) is 1. The van der Waals surface area contributed by atoms with Gasteiger partial charge in [0.15, 0.2) is 23.3 Å². The Kier molecular flexibility index (Phi) is 4.18. The summed E-state index contributed by atoms with van der Waals surface area (Å²) in [6.45, 7) is 5.84. The second-order valence-corrected chi connectivity index (χ2v) is 7.02. The fourth-order valence-corrected chi connectivity index (χ4v) is 3.19. The van der Waals surface area contributed by atoms with Gasteiger partial charge in [-0.15, -0.1) is 0 Å². The summed E-state index contributed by atoms with van der Waals surface area (Å²) in [4.78, 5) is 5.96. The average Bonchev–Trinajstić information content (AvgIpc) is 2.51. The summed E-state index contributed by atoms with van der Waals surface area (Å²) in [6.07, 6.45) is 0.949. The van der Waals surface area contributed by atoms with E-state index in [1.54, 1.807) is 7.05 Å². The molecule has 2 heterocycles. The number of halogens is 2. The maximum Gasteiger partial charge on any atom is 0.168 e. The van der Waals surface area contributed by atoms with Crippen LogP contribution in [0.2, 0.25) is 0 Å². The predicted molar refractivity (Wildman–Crippen MR) is 77.1 cm³/mol. The van der Waals surface area contributed by atoms with E-state index in [2.05, 4.69) is 24.1 Å². The third-order valence-electron chi connectivity index (χ3n) is 3.29. The van der Waals surface area contributed by atoms with Crippen molar-refractivity contribution in [1.29, 1.82) is 0 Å². The van der Waals surface area contributed by atoms with E-state index >= 15 is 0 Å². The maximum absolute atomic E-state index is 13.9. The first kappa shape index (κ1) is 14.4. The Labute approximate surface area is 116 Å². The number of aromatic nitrogens is 1. The molecular formula is C13H19F2N3S. The molecule has 1 aliphatic heterocycles. The number of thioether (sulfide) groups is 1. The topological polar surface area (TPSA) is 28.2 Å². The summed E-state index contributed by atoms with van der Waals surface area (Å²) in [6, 6.07) is 0.900. The molecule has 0 atom stereocenters. The Morgan fingerprint density at radius 1 is 1.32 bits per heavy atom. The van der Waals surface area contributed by atoms with Crippen molar-refractivity contribution < 1.29 is 8.78 Å². The van der Waals surface area contributed by atoms with Crippen LogP contribution >= 0.6 is 11.8 Å². The van der Waals surface area contributed by atoms with E-state index in [4.69, 9.17) is 0 Å². The van der Waals surface area contributed by atoms with Crippen LogP contribution < -0.4 is 10.2 Å². The highest BCUT2D eigenvalue weighted by molar-refractivity contribution is 8.00. The van der Waals surface area contributed by atoms with Crippen LogP contribution in [-0.2, 0) is 0 Å². The minimum absolute atomic E-state index is 0.0903. The molecule has 1 N–H and O–H groups in total. The SMILES string of the molecule is CNc1nc(N2CCSC(C)(C)CC2)c(F)cc1F. The molecule has 1 saturated heterocycles. The molecule has 0 radical (unpaired) electrons. The summed E-state index contributed by atoms with van der Waals surface area (Å²) in [5.41, 5.74) is 0. The standard InChI is InChI=1S/C13H19F2N3S/c1-13(2)4-5-18(6-7-19-13)12-10(15)8-9(14)11(16-3)17-12/h8H,4-7H2,1-3H3,(H,16,17). The highest BCUT2D eigenvalue weighted by Crippen LogP contribution is 2.33. The summed E-state index contributed by atoms with van der Waals surface area (Å²) in [5.74, 6) is -0.00787. The van der Waals surface area contributed by atoms with E-state index in [-0.39, 0.29) is 16.4 Å². The molecule has 0 aliphatic carbocycles. The summed E-state index contributed by atoms with van der Waals surface area (Å²) >= 11 is 1.88. The molecule has 106 valence electrons. The van der Waals surface area contributed by atoms with Gasteiger partial charge in [-0.05, 0) is 6.42 Å². The van der Waals surface area contributed by atoms with Gasteiger partial charge >= 0.3 is 0 Å². The van der Waals surface area contributed by atoms with Crippen LogP contribution in [0.5, 0.6) is 0 Å². The van der Waals surface area contributed by atoms with E-state index in [9.17, 15) is 8.78 Å².